The highest BCUT2D eigenvalue weighted by Crippen LogP contribution is 2.19. The number of halogens is 1. The normalized spacial score (nSPS) is 17.9. The van der Waals surface area contributed by atoms with Crippen LogP contribution in [-0.4, -0.2) is 49.4 Å². The Kier molecular flexibility index (Phi) is 5.46. The van der Waals surface area contributed by atoms with Gasteiger partial charge in [-0.15, -0.1) is 10.2 Å². The van der Waals surface area contributed by atoms with Crippen molar-refractivity contribution in [1.29, 1.82) is 0 Å². The number of Topliss-reactive ketones (excluding diaryl/α,β-unsaturated/α-hetero) is 1. The minimum Gasteiger partial charge on any atom is -0.336 e. The summed E-state index contributed by atoms with van der Waals surface area (Å²) in [6, 6.07) is 5.39. The van der Waals surface area contributed by atoms with Crippen molar-refractivity contribution in [3.8, 4) is 0 Å². The first-order valence-corrected chi connectivity index (χ1v) is 8.83. The van der Waals surface area contributed by atoms with Crippen molar-refractivity contribution >= 4 is 29.4 Å². The predicted octanol–water partition coefficient (Wildman–Crippen LogP) is 2.28. The molecule has 1 aliphatic rings. The van der Waals surface area contributed by atoms with Gasteiger partial charge in [0.1, 0.15) is 5.78 Å². The van der Waals surface area contributed by atoms with E-state index >= 15 is 0 Å². The van der Waals surface area contributed by atoms with Gasteiger partial charge in [0, 0.05) is 36.5 Å². The monoisotopic (exact) mass is 373 g/mol. The predicted molar refractivity (Wildman–Crippen MR) is 97.6 cm³/mol. The molecule has 26 heavy (non-hydrogen) atoms. The minimum absolute atomic E-state index is 0.0691. The SMILES string of the molecule is Cc1nnn(Cc2cc(Cl)ccc2C=CC(=O)N2CCC(=O)CC2C)n1. The molecule has 1 saturated heterocycles. The lowest BCUT2D eigenvalue weighted by molar-refractivity contribution is -0.133. The summed E-state index contributed by atoms with van der Waals surface area (Å²) in [5.41, 5.74) is 1.75. The summed E-state index contributed by atoms with van der Waals surface area (Å²) >= 11 is 6.11. The molecular formula is C18H20ClN5O2. The summed E-state index contributed by atoms with van der Waals surface area (Å²) in [6.45, 7) is 4.55. The van der Waals surface area contributed by atoms with E-state index in [2.05, 4.69) is 15.4 Å². The van der Waals surface area contributed by atoms with Crippen LogP contribution in [0.25, 0.3) is 6.08 Å². The second kappa shape index (κ2) is 7.78. The van der Waals surface area contributed by atoms with Gasteiger partial charge in [-0.25, -0.2) is 0 Å². The summed E-state index contributed by atoms with van der Waals surface area (Å²) in [4.78, 5) is 27.2. The number of carbonyl (C=O) groups is 2. The van der Waals surface area contributed by atoms with Gasteiger partial charge in [0.05, 0.1) is 6.54 Å². The third-order valence-corrected chi connectivity index (χ3v) is 4.58. The number of piperidine rings is 1. The van der Waals surface area contributed by atoms with Crippen LogP contribution in [0.4, 0.5) is 0 Å². The summed E-state index contributed by atoms with van der Waals surface area (Å²) in [6.07, 6.45) is 4.15. The van der Waals surface area contributed by atoms with Crippen molar-refractivity contribution in [3.05, 3.63) is 46.2 Å². The number of nitrogens with zero attached hydrogens (tertiary/aromatic N) is 5. The van der Waals surface area contributed by atoms with Crippen LogP contribution in [0.15, 0.2) is 24.3 Å². The number of carbonyl (C=O) groups excluding carboxylic acids is 2. The molecule has 1 atom stereocenters. The van der Waals surface area contributed by atoms with Crippen LogP contribution in [0.5, 0.6) is 0 Å². The van der Waals surface area contributed by atoms with Gasteiger partial charge in [-0.2, -0.15) is 4.80 Å². The number of ketones is 1. The number of amides is 1. The maximum absolute atomic E-state index is 12.5. The molecule has 0 radical (unpaired) electrons. The molecule has 136 valence electrons. The van der Waals surface area contributed by atoms with Gasteiger partial charge in [0.15, 0.2) is 5.82 Å². The van der Waals surface area contributed by atoms with Crippen LogP contribution >= 0.6 is 11.6 Å². The van der Waals surface area contributed by atoms with Crippen molar-refractivity contribution in [2.24, 2.45) is 0 Å². The molecule has 2 heterocycles. The molecule has 0 spiro atoms. The van der Waals surface area contributed by atoms with Crippen molar-refractivity contribution in [1.82, 2.24) is 25.1 Å². The largest absolute Gasteiger partial charge is 0.336 e. The molecule has 1 amide bonds. The van der Waals surface area contributed by atoms with Crippen LogP contribution in [0.3, 0.4) is 0 Å². The first-order valence-electron chi connectivity index (χ1n) is 8.45. The fourth-order valence-corrected chi connectivity index (χ4v) is 3.20. The Balaban J connectivity index is 1.77. The number of benzene rings is 1. The Hall–Kier alpha value is -2.54. The molecular weight excluding hydrogens is 354 g/mol. The Bertz CT molecular complexity index is 861. The number of tetrazole rings is 1. The maximum atomic E-state index is 12.5. The molecule has 0 N–H and O–H groups in total. The number of aryl methyl sites for hydroxylation is 1. The zero-order valence-electron chi connectivity index (χ0n) is 14.7. The third-order valence-electron chi connectivity index (χ3n) is 4.34. The molecule has 1 aromatic heterocycles. The van der Waals surface area contributed by atoms with Gasteiger partial charge in [-0.1, -0.05) is 17.7 Å². The fraction of sp³-hybridized carbons (Fsp3) is 0.389. The first kappa shape index (κ1) is 18.3. The lowest BCUT2D eigenvalue weighted by atomic mass is 10.0. The zero-order chi connectivity index (χ0) is 18.7. The molecule has 3 rings (SSSR count). The average Bonchev–Trinajstić information content (AvgIpc) is 2.99. The van der Waals surface area contributed by atoms with Crippen molar-refractivity contribution < 1.29 is 9.59 Å². The van der Waals surface area contributed by atoms with Crippen molar-refractivity contribution in [2.45, 2.75) is 39.3 Å². The van der Waals surface area contributed by atoms with E-state index < -0.39 is 0 Å². The van der Waals surface area contributed by atoms with E-state index in [4.69, 9.17) is 11.6 Å². The number of aromatic nitrogens is 4. The van der Waals surface area contributed by atoms with E-state index in [9.17, 15) is 9.59 Å². The van der Waals surface area contributed by atoms with E-state index in [1.54, 1.807) is 30.0 Å². The summed E-state index contributed by atoms with van der Waals surface area (Å²) < 4.78 is 0. The molecule has 1 aromatic carbocycles. The Morgan fingerprint density at radius 2 is 2.23 bits per heavy atom. The standard InChI is InChI=1S/C18H20ClN5O2/c1-12-9-17(25)7-8-23(12)18(26)6-4-14-3-5-16(19)10-15(14)11-24-21-13(2)20-22-24/h3-6,10,12H,7-9,11H2,1-2H3. The minimum atomic E-state index is -0.0966. The van der Waals surface area contributed by atoms with Gasteiger partial charge < -0.3 is 4.90 Å². The maximum Gasteiger partial charge on any atom is 0.246 e. The summed E-state index contributed by atoms with van der Waals surface area (Å²) in [5.74, 6) is 0.703. The fourth-order valence-electron chi connectivity index (χ4n) is 3.01. The quantitative estimate of drug-likeness (QED) is 0.768. The highest BCUT2D eigenvalue weighted by Gasteiger charge is 2.25. The lowest BCUT2D eigenvalue weighted by Gasteiger charge is -2.31. The average molecular weight is 374 g/mol. The number of likely N-dealkylation sites (tertiary alicyclic amines) is 1. The van der Waals surface area contributed by atoms with Crippen LogP contribution in [-0.2, 0) is 16.1 Å². The van der Waals surface area contributed by atoms with E-state index in [-0.39, 0.29) is 17.7 Å². The van der Waals surface area contributed by atoms with Crippen LogP contribution in [0.1, 0.15) is 36.7 Å². The molecule has 0 aliphatic carbocycles. The molecule has 0 saturated carbocycles. The van der Waals surface area contributed by atoms with E-state index in [1.807, 2.05) is 19.1 Å². The summed E-state index contributed by atoms with van der Waals surface area (Å²) in [7, 11) is 0. The molecule has 8 heteroatoms. The second-order valence-corrected chi connectivity index (χ2v) is 6.85. The molecule has 7 nitrogen and oxygen atoms in total. The lowest BCUT2D eigenvalue weighted by Crippen LogP contribution is -2.44. The molecule has 1 unspecified atom stereocenters. The highest BCUT2D eigenvalue weighted by atomic mass is 35.5. The summed E-state index contributed by atoms with van der Waals surface area (Å²) in [5, 5.41) is 12.6. The zero-order valence-corrected chi connectivity index (χ0v) is 15.5. The smallest absolute Gasteiger partial charge is 0.246 e. The van der Waals surface area contributed by atoms with Crippen LogP contribution in [0, 0.1) is 6.92 Å². The van der Waals surface area contributed by atoms with E-state index in [1.165, 1.54) is 4.80 Å². The second-order valence-electron chi connectivity index (χ2n) is 6.42. The Labute approximate surface area is 156 Å². The molecule has 1 aliphatic heterocycles. The highest BCUT2D eigenvalue weighted by molar-refractivity contribution is 6.30. The number of rotatable bonds is 4. The van der Waals surface area contributed by atoms with Crippen molar-refractivity contribution in [3.63, 3.8) is 0 Å². The van der Waals surface area contributed by atoms with Gasteiger partial charge in [-0.3, -0.25) is 9.59 Å². The van der Waals surface area contributed by atoms with E-state index in [0.717, 1.165) is 11.1 Å². The van der Waals surface area contributed by atoms with Gasteiger partial charge >= 0.3 is 0 Å². The van der Waals surface area contributed by atoms with Gasteiger partial charge in [-0.05, 0) is 48.4 Å². The van der Waals surface area contributed by atoms with E-state index in [0.29, 0.717) is 36.8 Å². The number of hydrogen-bond acceptors (Lipinski definition) is 5. The Morgan fingerprint density at radius 3 is 2.92 bits per heavy atom. The Morgan fingerprint density at radius 1 is 1.42 bits per heavy atom. The molecule has 1 fully saturated rings. The van der Waals surface area contributed by atoms with Crippen LogP contribution in [0.2, 0.25) is 5.02 Å². The van der Waals surface area contributed by atoms with Gasteiger partial charge in [0.25, 0.3) is 0 Å². The molecule has 2 aromatic rings. The van der Waals surface area contributed by atoms with Crippen LogP contribution < -0.4 is 0 Å². The third kappa shape index (κ3) is 4.35. The number of hydrogen-bond donors (Lipinski definition) is 0. The first-order chi connectivity index (χ1) is 12.4. The molecule has 0 bridgehead atoms. The van der Waals surface area contributed by atoms with Gasteiger partial charge in [0.2, 0.25) is 5.91 Å². The topological polar surface area (TPSA) is 81.0 Å². The van der Waals surface area contributed by atoms with Crippen molar-refractivity contribution in [2.75, 3.05) is 6.54 Å².